The molecule has 1 heterocycles. The molecule has 0 radical (unpaired) electrons. The monoisotopic (exact) mass is 285 g/mol. The van der Waals surface area contributed by atoms with Crippen LogP contribution >= 0.6 is 0 Å². The molecule has 1 aromatic heterocycles. The van der Waals surface area contributed by atoms with E-state index >= 15 is 0 Å². The van der Waals surface area contributed by atoms with Gasteiger partial charge < -0.3 is 15.8 Å². The van der Waals surface area contributed by atoms with Crippen molar-refractivity contribution in [2.75, 3.05) is 5.73 Å². The van der Waals surface area contributed by atoms with Gasteiger partial charge in [-0.2, -0.15) is 0 Å². The quantitative estimate of drug-likeness (QED) is 0.778. The van der Waals surface area contributed by atoms with Crippen LogP contribution in [0, 0.1) is 0 Å². The first kappa shape index (κ1) is 13.4. The summed E-state index contributed by atoms with van der Waals surface area (Å²) in [6, 6.07) is 9.80. The van der Waals surface area contributed by atoms with E-state index in [-0.39, 0.29) is 16.8 Å². The number of hydrogen-bond acceptors (Lipinski definition) is 4. The minimum Gasteiger partial charge on any atom is -0.481 e. The summed E-state index contributed by atoms with van der Waals surface area (Å²) in [5, 5.41) is 8.80. The van der Waals surface area contributed by atoms with E-state index in [0.29, 0.717) is 5.82 Å². The summed E-state index contributed by atoms with van der Waals surface area (Å²) in [6.07, 6.45) is 1.35. The molecule has 4 N–H and O–H groups in total. The van der Waals surface area contributed by atoms with Crippen LogP contribution in [0.25, 0.3) is 0 Å². The van der Waals surface area contributed by atoms with Crippen LogP contribution in [0.5, 0.6) is 0 Å². The van der Waals surface area contributed by atoms with Crippen LogP contribution in [0.1, 0.15) is 29.8 Å². The van der Waals surface area contributed by atoms with E-state index in [1.54, 1.807) is 0 Å². The van der Waals surface area contributed by atoms with Crippen LogP contribution in [-0.4, -0.2) is 21.0 Å². The molecule has 2 aromatic rings. The minimum absolute atomic E-state index is 0.00152. The fraction of sp³-hybridized carbons (Fsp3) is 0.267. The average molecular weight is 285 g/mol. The lowest BCUT2D eigenvalue weighted by atomic mass is 9.95. The van der Waals surface area contributed by atoms with Gasteiger partial charge in [0.1, 0.15) is 11.6 Å². The van der Waals surface area contributed by atoms with Gasteiger partial charge in [-0.15, -0.1) is 0 Å². The van der Waals surface area contributed by atoms with E-state index in [4.69, 9.17) is 10.8 Å². The molecule has 3 rings (SSSR count). The lowest BCUT2D eigenvalue weighted by Crippen LogP contribution is -2.26. The van der Waals surface area contributed by atoms with Gasteiger partial charge in [0.15, 0.2) is 0 Å². The third-order valence-corrected chi connectivity index (χ3v) is 3.91. The smallest absolute Gasteiger partial charge is 0.308 e. The summed E-state index contributed by atoms with van der Waals surface area (Å²) in [5.41, 5.74) is 6.10. The molecule has 1 aliphatic rings. The van der Waals surface area contributed by atoms with Gasteiger partial charge in [0.25, 0.3) is 5.56 Å². The summed E-state index contributed by atoms with van der Waals surface area (Å²) >= 11 is 0. The van der Waals surface area contributed by atoms with E-state index in [2.05, 4.69) is 9.97 Å². The Morgan fingerprint density at radius 1 is 1.33 bits per heavy atom. The predicted molar refractivity (Wildman–Crippen MR) is 77.1 cm³/mol. The van der Waals surface area contributed by atoms with Crippen LogP contribution in [-0.2, 0) is 16.6 Å². The molecule has 1 saturated carbocycles. The molecule has 0 amide bonds. The largest absolute Gasteiger partial charge is 0.481 e. The molecular formula is C15H15N3O3. The second-order valence-electron chi connectivity index (χ2n) is 5.30. The molecule has 6 heteroatoms. The SMILES string of the molecule is Nc1nc(C2(c3ccccc3)CC2)[nH]c(=O)c1CC(=O)O. The molecule has 108 valence electrons. The van der Waals surface area contributed by atoms with Gasteiger partial charge in [0.05, 0.1) is 17.4 Å². The lowest BCUT2D eigenvalue weighted by molar-refractivity contribution is -0.136. The zero-order valence-corrected chi connectivity index (χ0v) is 11.3. The maximum atomic E-state index is 12.1. The Balaban J connectivity index is 2.05. The van der Waals surface area contributed by atoms with Gasteiger partial charge in [0, 0.05) is 0 Å². The molecule has 6 nitrogen and oxygen atoms in total. The Labute approximate surface area is 120 Å². The van der Waals surface area contributed by atoms with Gasteiger partial charge in [-0.1, -0.05) is 30.3 Å². The number of carboxylic acids is 1. The van der Waals surface area contributed by atoms with Crippen LogP contribution in [0.2, 0.25) is 0 Å². The topological polar surface area (TPSA) is 109 Å². The number of benzene rings is 1. The highest BCUT2D eigenvalue weighted by Gasteiger charge is 2.48. The van der Waals surface area contributed by atoms with Gasteiger partial charge in [0.2, 0.25) is 0 Å². The third-order valence-electron chi connectivity index (χ3n) is 3.91. The molecular weight excluding hydrogens is 270 g/mol. The number of carbonyl (C=O) groups is 1. The molecule has 0 bridgehead atoms. The van der Waals surface area contributed by atoms with E-state index in [9.17, 15) is 9.59 Å². The van der Waals surface area contributed by atoms with Crippen molar-refractivity contribution in [3.8, 4) is 0 Å². The summed E-state index contributed by atoms with van der Waals surface area (Å²) in [5.74, 6) is -0.588. The number of anilines is 1. The van der Waals surface area contributed by atoms with Crippen molar-refractivity contribution >= 4 is 11.8 Å². The van der Waals surface area contributed by atoms with E-state index in [1.165, 1.54) is 0 Å². The van der Waals surface area contributed by atoms with Gasteiger partial charge in [-0.3, -0.25) is 9.59 Å². The Kier molecular flexibility index (Phi) is 3.01. The van der Waals surface area contributed by atoms with Crippen molar-refractivity contribution in [2.45, 2.75) is 24.7 Å². The molecule has 0 unspecified atom stereocenters. The van der Waals surface area contributed by atoms with Gasteiger partial charge in [-0.25, -0.2) is 4.98 Å². The Bertz CT molecular complexity index is 749. The Hall–Kier alpha value is -2.63. The number of aromatic amines is 1. The lowest BCUT2D eigenvalue weighted by Gasteiger charge is -2.16. The fourth-order valence-electron chi connectivity index (χ4n) is 2.61. The third kappa shape index (κ3) is 2.29. The predicted octanol–water partition coefficient (Wildman–Crippen LogP) is 1.06. The second-order valence-corrected chi connectivity index (χ2v) is 5.30. The van der Waals surface area contributed by atoms with Crippen LogP contribution in [0.15, 0.2) is 35.1 Å². The van der Waals surface area contributed by atoms with Crippen molar-refractivity contribution < 1.29 is 9.90 Å². The number of aromatic nitrogens is 2. The van der Waals surface area contributed by atoms with E-state index < -0.39 is 17.9 Å². The highest BCUT2D eigenvalue weighted by Crippen LogP contribution is 2.51. The van der Waals surface area contributed by atoms with Crippen molar-refractivity contribution in [3.63, 3.8) is 0 Å². The summed E-state index contributed by atoms with van der Waals surface area (Å²) in [4.78, 5) is 29.8. The maximum absolute atomic E-state index is 12.1. The maximum Gasteiger partial charge on any atom is 0.308 e. The normalized spacial score (nSPS) is 15.6. The van der Waals surface area contributed by atoms with Gasteiger partial charge in [-0.05, 0) is 18.4 Å². The molecule has 1 aromatic carbocycles. The molecule has 0 aliphatic heterocycles. The average Bonchev–Trinajstić information content (AvgIpc) is 3.25. The Morgan fingerprint density at radius 2 is 2.00 bits per heavy atom. The summed E-state index contributed by atoms with van der Waals surface area (Å²) in [6.45, 7) is 0. The van der Waals surface area contributed by atoms with E-state index in [0.717, 1.165) is 18.4 Å². The highest BCUT2D eigenvalue weighted by molar-refractivity contribution is 5.71. The molecule has 0 saturated heterocycles. The number of rotatable bonds is 4. The van der Waals surface area contributed by atoms with Crippen molar-refractivity contribution in [2.24, 2.45) is 0 Å². The second kappa shape index (κ2) is 4.73. The number of nitrogens with zero attached hydrogens (tertiary/aromatic N) is 1. The van der Waals surface area contributed by atoms with Crippen molar-refractivity contribution in [1.82, 2.24) is 9.97 Å². The van der Waals surface area contributed by atoms with Crippen LogP contribution in [0.4, 0.5) is 5.82 Å². The number of nitrogens with two attached hydrogens (primary N) is 1. The number of nitrogen functional groups attached to an aromatic ring is 1. The van der Waals surface area contributed by atoms with E-state index in [1.807, 2.05) is 30.3 Å². The number of aliphatic carboxylic acids is 1. The minimum atomic E-state index is -1.11. The molecule has 1 fully saturated rings. The molecule has 0 spiro atoms. The molecule has 1 aliphatic carbocycles. The first-order valence-electron chi connectivity index (χ1n) is 6.69. The number of carboxylic acid groups (broad SMARTS) is 1. The number of H-pyrrole nitrogens is 1. The number of hydrogen-bond donors (Lipinski definition) is 3. The summed E-state index contributed by atoms with van der Waals surface area (Å²) < 4.78 is 0. The highest BCUT2D eigenvalue weighted by atomic mass is 16.4. The first-order valence-corrected chi connectivity index (χ1v) is 6.69. The zero-order valence-electron chi connectivity index (χ0n) is 11.3. The van der Waals surface area contributed by atoms with Crippen molar-refractivity contribution in [1.29, 1.82) is 0 Å². The van der Waals surface area contributed by atoms with Crippen molar-refractivity contribution in [3.05, 3.63) is 57.6 Å². The van der Waals surface area contributed by atoms with Crippen LogP contribution in [0.3, 0.4) is 0 Å². The number of nitrogens with one attached hydrogen (secondary N) is 1. The fourth-order valence-corrected chi connectivity index (χ4v) is 2.61. The first-order chi connectivity index (χ1) is 10.0. The van der Waals surface area contributed by atoms with Gasteiger partial charge >= 0.3 is 5.97 Å². The summed E-state index contributed by atoms with van der Waals surface area (Å²) in [7, 11) is 0. The Morgan fingerprint density at radius 3 is 2.52 bits per heavy atom. The molecule has 0 atom stereocenters. The molecule has 21 heavy (non-hydrogen) atoms. The zero-order chi connectivity index (χ0) is 15.0. The standard InChI is InChI=1S/C15H15N3O3/c16-12-10(8-11(19)20)13(21)18-14(17-12)15(6-7-15)9-4-2-1-3-5-9/h1-5H,6-8H2,(H,19,20)(H3,16,17,18,21). The van der Waals surface area contributed by atoms with Crippen LogP contribution < -0.4 is 11.3 Å².